The van der Waals surface area contributed by atoms with Crippen LogP contribution in [0.5, 0.6) is 0 Å². The van der Waals surface area contributed by atoms with Gasteiger partial charge in [0.15, 0.2) is 5.41 Å². The van der Waals surface area contributed by atoms with Crippen LogP contribution >= 0.6 is 0 Å². The third-order valence-corrected chi connectivity index (χ3v) is 5.66. The fourth-order valence-electron chi connectivity index (χ4n) is 4.32. The molecule has 0 radical (unpaired) electrons. The number of rotatable bonds is 6. The van der Waals surface area contributed by atoms with E-state index in [1.807, 2.05) is 66.7 Å². The van der Waals surface area contributed by atoms with Crippen molar-refractivity contribution >= 4 is 23.3 Å². The van der Waals surface area contributed by atoms with Gasteiger partial charge in [-0.3, -0.25) is 19.3 Å². The van der Waals surface area contributed by atoms with Crippen molar-refractivity contribution < 1.29 is 19.1 Å². The van der Waals surface area contributed by atoms with Crippen LogP contribution in [0, 0.1) is 5.41 Å². The summed E-state index contributed by atoms with van der Waals surface area (Å²) in [7, 11) is 0. The summed E-state index contributed by atoms with van der Waals surface area (Å²) in [5.74, 6) is -2.12. The molecule has 0 N–H and O–H groups in total. The quantitative estimate of drug-likeness (QED) is 0.346. The van der Waals surface area contributed by atoms with Gasteiger partial charge in [-0.2, -0.15) is 0 Å². The standard InChI is InChI=1S/C26H23NO4/c1-2-31-25(30)26(18-19-12-6-3-7-13-19)22(20-14-8-4-9-15-20)27(24(29)23(26)28)21-16-10-5-11-17-21/h3-17,22H,2,18H2,1H3. The SMILES string of the molecule is CCOC(=O)C1(Cc2ccccc2)C(=O)C(=O)N(c2ccccc2)C1c1ccccc1. The largest absolute Gasteiger partial charge is 0.465 e. The second kappa shape index (κ2) is 8.56. The van der Waals surface area contributed by atoms with E-state index in [1.165, 1.54) is 4.90 Å². The fourth-order valence-corrected chi connectivity index (χ4v) is 4.32. The van der Waals surface area contributed by atoms with Crippen molar-refractivity contribution in [1.29, 1.82) is 0 Å². The van der Waals surface area contributed by atoms with Crippen LogP contribution in [0.15, 0.2) is 91.0 Å². The van der Waals surface area contributed by atoms with E-state index in [0.717, 1.165) is 5.56 Å². The molecule has 5 heteroatoms. The summed E-state index contributed by atoms with van der Waals surface area (Å²) in [6.45, 7) is 1.81. The minimum atomic E-state index is -1.69. The normalized spacial score (nSPS) is 20.7. The van der Waals surface area contributed by atoms with Gasteiger partial charge in [0.1, 0.15) is 0 Å². The van der Waals surface area contributed by atoms with Crippen molar-refractivity contribution in [2.24, 2.45) is 5.41 Å². The van der Waals surface area contributed by atoms with Crippen LogP contribution < -0.4 is 4.90 Å². The Hall–Kier alpha value is -3.73. The van der Waals surface area contributed by atoms with E-state index in [-0.39, 0.29) is 13.0 Å². The van der Waals surface area contributed by atoms with Crippen molar-refractivity contribution in [2.45, 2.75) is 19.4 Å². The Kier molecular flexibility index (Phi) is 5.67. The van der Waals surface area contributed by atoms with E-state index in [4.69, 9.17) is 4.74 Å². The number of amides is 1. The second-order valence-electron chi connectivity index (χ2n) is 7.51. The first kappa shape index (κ1) is 20.5. The topological polar surface area (TPSA) is 63.7 Å². The molecule has 5 nitrogen and oxygen atoms in total. The number of benzene rings is 3. The first-order valence-electron chi connectivity index (χ1n) is 10.3. The molecule has 156 valence electrons. The van der Waals surface area contributed by atoms with Gasteiger partial charge >= 0.3 is 5.97 Å². The summed E-state index contributed by atoms with van der Waals surface area (Å²) in [5, 5.41) is 0. The number of esters is 1. The van der Waals surface area contributed by atoms with Gasteiger partial charge in [-0.1, -0.05) is 78.9 Å². The highest BCUT2D eigenvalue weighted by Gasteiger charge is 2.65. The third kappa shape index (κ3) is 3.52. The van der Waals surface area contributed by atoms with Gasteiger partial charge in [0.25, 0.3) is 5.91 Å². The number of hydrogen-bond donors (Lipinski definition) is 0. The molecule has 0 spiro atoms. The number of ether oxygens (including phenoxy) is 1. The molecular weight excluding hydrogens is 390 g/mol. The fraction of sp³-hybridized carbons (Fsp3) is 0.192. The maximum absolute atomic E-state index is 13.6. The molecule has 1 aliphatic heterocycles. The predicted octanol–water partition coefficient (Wildman–Crippen LogP) is 4.14. The molecule has 3 aromatic rings. The molecule has 3 aromatic carbocycles. The predicted molar refractivity (Wildman–Crippen MR) is 117 cm³/mol. The minimum absolute atomic E-state index is 0.0696. The molecule has 0 aliphatic carbocycles. The Morgan fingerprint density at radius 3 is 2.00 bits per heavy atom. The van der Waals surface area contributed by atoms with Crippen LogP contribution in [-0.4, -0.2) is 24.3 Å². The second-order valence-corrected chi connectivity index (χ2v) is 7.51. The van der Waals surface area contributed by atoms with Crippen molar-refractivity contribution in [1.82, 2.24) is 0 Å². The lowest BCUT2D eigenvalue weighted by atomic mass is 9.71. The first-order valence-corrected chi connectivity index (χ1v) is 10.3. The Balaban J connectivity index is 1.96. The Morgan fingerprint density at radius 2 is 1.42 bits per heavy atom. The van der Waals surface area contributed by atoms with Crippen molar-refractivity contribution in [3.63, 3.8) is 0 Å². The number of hydrogen-bond acceptors (Lipinski definition) is 4. The number of carbonyl (C=O) groups is 3. The highest BCUT2D eigenvalue weighted by molar-refractivity contribution is 6.49. The van der Waals surface area contributed by atoms with E-state index in [0.29, 0.717) is 11.3 Å². The number of anilines is 1. The van der Waals surface area contributed by atoms with Crippen LogP contribution in [0.2, 0.25) is 0 Å². The lowest BCUT2D eigenvalue weighted by molar-refractivity contribution is -0.161. The first-order chi connectivity index (χ1) is 15.1. The number of nitrogens with zero attached hydrogens (tertiary/aromatic N) is 1. The van der Waals surface area contributed by atoms with Gasteiger partial charge in [0.05, 0.1) is 12.6 Å². The van der Waals surface area contributed by atoms with Gasteiger partial charge in [0.2, 0.25) is 5.78 Å². The van der Waals surface area contributed by atoms with Crippen molar-refractivity contribution in [3.05, 3.63) is 102 Å². The Labute approximate surface area is 181 Å². The molecule has 1 amide bonds. The number of Topliss-reactive ketones (excluding diaryl/α,β-unsaturated/α-hetero) is 1. The molecule has 1 saturated heterocycles. The highest BCUT2D eigenvalue weighted by Crippen LogP contribution is 2.50. The number of carbonyl (C=O) groups excluding carboxylic acids is 3. The minimum Gasteiger partial charge on any atom is -0.465 e. The van der Waals surface area contributed by atoms with Gasteiger partial charge in [0, 0.05) is 5.69 Å². The summed E-state index contributed by atoms with van der Waals surface area (Å²) < 4.78 is 5.42. The molecule has 0 aromatic heterocycles. The van der Waals surface area contributed by atoms with E-state index in [2.05, 4.69) is 0 Å². The van der Waals surface area contributed by atoms with Gasteiger partial charge in [-0.05, 0) is 36.6 Å². The molecule has 4 rings (SSSR count). The van der Waals surface area contributed by atoms with Crippen LogP contribution in [-0.2, 0) is 25.5 Å². The van der Waals surface area contributed by atoms with Gasteiger partial charge < -0.3 is 4.74 Å². The zero-order valence-electron chi connectivity index (χ0n) is 17.2. The maximum atomic E-state index is 13.6. The van der Waals surface area contributed by atoms with Crippen LogP contribution in [0.3, 0.4) is 0 Å². The lowest BCUT2D eigenvalue weighted by Gasteiger charge is -2.35. The van der Waals surface area contributed by atoms with E-state index >= 15 is 0 Å². The summed E-state index contributed by atoms with van der Waals surface area (Å²) in [5.41, 5.74) is 0.363. The van der Waals surface area contributed by atoms with Crippen LogP contribution in [0.4, 0.5) is 5.69 Å². The van der Waals surface area contributed by atoms with E-state index in [1.54, 1.807) is 31.2 Å². The smallest absolute Gasteiger partial charge is 0.323 e. The molecular formula is C26H23NO4. The molecule has 0 bridgehead atoms. The van der Waals surface area contributed by atoms with E-state index in [9.17, 15) is 14.4 Å². The number of para-hydroxylation sites is 1. The maximum Gasteiger partial charge on any atom is 0.323 e. The van der Waals surface area contributed by atoms with Crippen LogP contribution in [0.25, 0.3) is 0 Å². The molecule has 0 saturated carbocycles. The summed E-state index contributed by atoms with van der Waals surface area (Å²) >= 11 is 0. The molecule has 31 heavy (non-hydrogen) atoms. The molecule has 1 aliphatic rings. The van der Waals surface area contributed by atoms with Gasteiger partial charge in [-0.15, -0.1) is 0 Å². The number of ketones is 1. The molecule has 2 unspecified atom stereocenters. The zero-order chi connectivity index (χ0) is 21.8. The Bertz CT molecular complexity index is 1080. The molecule has 1 heterocycles. The lowest BCUT2D eigenvalue weighted by Crippen LogP contribution is -2.45. The summed E-state index contributed by atoms with van der Waals surface area (Å²) in [6.07, 6.45) is 0.0696. The average molecular weight is 413 g/mol. The molecule has 1 fully saturated rings. The monoisotopic (exact) mass is 413 g/mol. The van der Waals surface area contributed by atoms with Gasteiger partial charge in [-0.25, -0.2) is 0 Å². The Morgan fingerprint density at radius 1 is 0.871 bits per heavy atom. The molecule has 2 atom stereocenters. The van der Waals surface area contributed by atoms with Crippen LogP contribution in [0.1, 0.15) is 24.1 Å². The summed E-state index contributed by atoms with van der Waals surface area (Å²) in [6, 6.07) is 26.6. The van der Waals surface area contributed by atoms with Crippen molar-refractivity contribution in [2.75, 3.05) is 11.5 Å². The highest BCUT2D eigenvalue weighted by atomic mass is 16.5. The average Bonchev–Trinajstić information content (AvgIpc) is 3.04. The summed E-state index contributed by atoms with van der Waals surface area (Å²) in [4.78, 5) is 41.9. The third-order valence-electron chi connectivity index (χ3n) is 5.66. The van der Waals surface area contributed by atoms with Crippen molar-refractivity contribution in [3.8, 4) is 0 Å². The van der Waals surface area contributed by atoms with E-state index < -0.39 is 29.1 Å². The zero-order valence-corrected chi connectivity index (χ0v) is 17.2.